The molecule has 0 aromatic heterocycles. The van der Waals surface area contributed by atoms with Crippen LogP contribution in [0, 0.1) is 5.92 Å². The second kappa shape index (κ2) is 5.33. The molecule has 19 heavy (non-hydrogen) atoms. The third-order valence-corrected chi connectivity index (χ3v) is 4.78. The lowest BCUT2D eigenvalue weighted by molar-refractivity contribution is 0.0741. The third-order valence-electron chi connectivity index (χ3n) is 3.62. The monoisotopic (exact) mass is 281 g/mol. The lowest BCUT2D eigenvalue weighted by Gasteiger charge is -2.30. The van der Waals surface area contributed by atoms with Crippen LogP contribution in [0.15, 0.2) is 29.2 Å². The fourth-order valence-corrected chi connectivity index (χ4v) is 3.20. The number of carbonyl (C=O) groups excluding carboxylic acids is 1. The zero-order valence-electron chi connectivity index (χ0n) is 11.3. The zero-order chi connectivity index (χ0) is 14.0. The van der Waals surface area contributed by atoms with Gasteiger partial charge in [0.1, 0.15) is 0 Å². The van der Waals surface area contributed by atoms with Gasteiger partial charge in [0, 0.05) is 19.8 Å². The molecule has 0 bridgehead atoms. The van der Waals surface area contributed by atoms with E-state index in [2.05, 4.69) is 0 Å². The highest BCUT2D eigenvalue weighted by atomic mass is 32.2. The molecule has 0 unspecified atom stereocenters. The van der Waals surface area contributed by atoms with Gasteiger partial charge in [-0.2, -0.15) is 0 Å². The van der Waals surface area contributed by atoms with Crippen LogP contribution in [0.4, 0.5) is 0 Å². The molecule has 1 aromatic carbocycles. The van der Waals surface area contributed by atoms with Crippen molar-refractivity contribution in [2.24, 2.45) is 5.92 Å². The lowest BCUT2D eigenvalue weighted by Crippen LogP contribution is -2.34. The summed E-state index contributed by atoms with van der Waals surface area (Å²) in [6.45, 7) is 0.705. The molecule has 2 rings (SSSR count). The summed E-state index contributed by atoms with van der Waals surface area (Å²) in [5.74, 6) is 0.354. The number of sulfone groups is 1. The van der Waals surface area contributed by atoms with Gasteiger partial charge in [0.05, 0.1) is 10.5 Å². The van der Waals surface area contributed by atoms with Crippen LogP contribution in [0.25, 0.3) is 0 Å². The van der Waals surface area contributed by atoms with Gasteiger partial charge in [-0.3, -0.25) is 4.79 Å². The van der Waals surface area contributed by atoms with E-state index in [-0.39, 0.29) is 16.4 Å². The highest BCUT2D eigenvalue weighted by Crippen LogP contribution is 2.27. The fourth-order valence-electron chi connectivity index (χ4n) is 2.32. The van der Waals surface area contributed by atoms with Crippen molar-refractivity contribution in [2.45, 2.75) is 24.2 Å². The molecule has 0 atom stereocenters. The van der Waals surface area contributed by atoms with Crippen molar-refractivity contribution in [3.05, 3.63) is 29.8 Å². The molecule has 0 spiro atoms. The minimum Gasteiger partial charge on any atom is -0.341 e. The molecule has 1 aliphatic rings. The first kappa shape index (κ1) is 14.1. The third kappa shape index (κ3) is 3.15. The molecule has 1 amide bonds. The van der Waals surface area contributed by atoms with E-state index in [4.69, 9.17) is 0 Å². The molecular weight excluding hydrogens is 262 g/mol. The van der Waals surface area contributed by atoms with Gasteiger partial charge < -0.3 is 4.90 Å². The summed E-state index contributed by atoms with van der Waals surface area (Å²) in [5, 5.41) is 0. The molecule has 0 saturated heterocycles. The van der Waals surface area contributed by atoms with Gasteiger partial charge in [-0.15, -0.1) is 0 Å². The van der Waals surface area contributed by atoms with E-state index in [1.165, 1.54) is 12.5 Å². The van der Waals surface area contributed by atoms with Gasteiger partial charge in [0.2, 0.25) is 0 Å². The fraction of sp³-hybridized carbons (Fsp3) is 0.500. The van der Waals surface area contributed by atoms with Crippen LogP contribution < -0.4 is 0 Å². The average molecular weight is 281 g/mol. The number of rotatable bonds is 4. The molecule has 0 aliphatic heterocycles. The second-order valence-electron chi connectivity index (χ2n) is 5.25. The smallest absolute Gasteiger partial charge is 0.254 e. The Hall–Kier alpha value is -1.36. The average Bonchev–Trinajstić information content (AvgIpc) is 2.31. The van der Waals surface area contributed by atoms with E-state index in [9.17, 15) is 13.2 Å². The standard InChI is InChI=1S/C14H19NO3S/c1-15(10-11-6-5-7-11)14(16)12-8-3-4-9-13(12)19(2,17)18/h3-4,8-9,11H,5-7,10H2,1-2H3. The number of hydrogen-bond donors (Lipinski definition) is 0. The van der Waals surface area contributed by atoms with Crippen LogP contribution in [0.1, 0.15) is 29.6 Å². The molecule has 104 valence electrons. The maximum Gasteiger partial charge on any atom is 0.254 e. The molecule has 0 N–H and O–H groups in total. The molecule has 1 fully saturated rings. The Morgan fingerprint density at radius 2 is 1.95 bits per heavy atom. The Morgan fingerprint density at radius 1 is 1.32 bits per heavy atom. The van der Waals surface area contributed by atoms with Crippen molar-refractivity contribution in [2.75, 3.05) is 19.8 Å². The highest BCUT2D eigenvalue weighted by molar-refractivity contribution is 7.90. The Bertz CT molecular complexity index is 576. The number of hydrogen-bond acceptors (Lipinski definition) is 3. The predicted molar refractivity (Wildman–Crippen MR) is 73.9 cm³/mol. The molecule has 0 radical (unpaired) electrons. The van der Waals surface area contributed by atoms with Crippen molar-refractivity contribution in [3.63, 3.8) is 0 Å². The van der Waals surface area contributed by atoms with E-state index in [0.717, 1.165) is 19.1 Å². The van der Waals surface area contributed by atoms with Gasteiger partial charge in [-0.1, -0.05) is 18.6 Å². The maximum absolute atomic E-state index is 12.3. The lowest BCUT2D eigenvalue weighted by atomic mass is 9.85. The summed E-state index contributed by atoms with van der Waals surface area (Å²) in [6.07, 6.45) is 4.67. The van der Waals surface area contributed by atoms with Gasteiger partial charge >= 0.3 is 0 Å². The summed E-state index contributed by atoms with van der Waals surface area (Å²) < 4.78 is 23.4. The first-order valence-electron chi connectivity index (χ1n) is 6.44. The minimum absolute atomic E-state index is 0.112. The maximum atomic E-state index is 12.3. The van der Waals surface area contributed by atoms with Gasteiger partial charge in [0.15, 0.2) is 9.84 Å². The summed E-state index contributed by atoms with van der Waals surface area (Å²) in [6, 6.07) is 6.40. The first-order valence-corrected chi connectivity index (χ1v) is 8.33. The predicted octanol–water partition coefficient (Wildman–Crippen LogP) is 1.96. The van der Waals surface area contributed by atoms with Crippen molar-refractivity contribution in [1.29, 1.82) is 0 Å². The van der Waals surface area contributed by atoms with E-state index in [0.29, 0.717) is 12.5 Å². The molecule has 5 heteroatoms. The van der Waals surface area contributed by atoms with Crippen LogP contribution in [-0.4, -0.2) is 39.1 Å². The summed E-state index contributed by atoms with van der Waals surface area (Å²) in [5.41, 5.74) is 0.270. The van der Waals surface area contributed by atoms with Crippen LogP contribution in [-0.2, 0) is 9.84 Å². The highest BCUT2D eigenvalue weighted by Gasteiger charge is 2.25. The van der Waals surface area contributed by atoms with E-state index < -0.39 is 9.84 Å². The van der Waals surface area contributed by atoms with Crippen molar-refractivity contribution in [3.8, 4) is 0 Å². The zero-order valence-corrected chi connectivity index (χ0v) is 12.1. The number of amides is 1. The summed E-state index contributed by atoms with van der Waals surface area (Å²) in [7, 11) is -1.64. The van der Waals surface area contributed by atoms with Gasteiger partial charge in [-0.05, 0) is 30.9 Å². The summed E-state index contributed by atoms with van der Waals surface area (Å²) in [4.78, 5) is 14.1. The van der Waals surface area contributed by atoms with E-state index in [1.807, 2.05) is 0 Å². The normalized spacial score (nSPS) is 15.9. The van der Waals surface area contributed by atoms with Crippen molar-refractivity contribution in [1.82, 2.24) is 4.90 Å². The molecule has 1 aromatic rings. The Morgan fingerprint density at radius 3 is 2.47 bits per heavy atom. The Kier molecular flexibility index (Phi) is 3.94. The van der Waals surface area contributed by atoms with Gasteiger partial charge in [0.25, 0.3) is 5.91 Å². The van der Waals surface area contributed by atoms with Crippen LogP contribution in [0.2, 0.25) is 0 Å². The molecule has 1 aliphatic carbocycles. The van der Waals surface area contributed by atoms with Crippen LogP contribution >= 0.6 is 0 Å². The van der Waals surface area contributed by atoms with Crippen molar-refractivity contribution < 1.29 is 13.2 Å². The van der Waals surface area contributed by atoms with E-state index >= 15 is 0 Å². The van der Waals surface area contributed by atoms with E-state index in [1.54, 1.807) is 30.1 Å². The topological polar surface area (TPSA) is 54.5 Å². The molecule has 0 heterocycles. The molecule has 1 saturated carbocycles. The molecule has 4 nitrogen and oxygen atoms in total. The quantitative estimate of drug-likeness (QED) is 0.847. The van der Waals surface area contributed by atoms with Crippen molar-refractivity contribution >= 4 is 15.7 Å². The second-order valence-corrected chi connectivity index (χ2v) is 7.24. The van der Waals surface area contributed by atoms with Crippen LogP contribution in [0.5, 0.6) is 0 Å². The van der Waals surface area contributed by atoms with Gasteiger partial charge in [-0.25, -0.2) is 8.42 Å². The number of carbonyl (C=O) groups is 1. The summed E-state index contributed by atoms with van der Waals surface area (Å²) >= 11 is 0. The largest absolute Gasteiger partial charge is 0.341 e. The number of nitrogens with zero attached hydrogens (tertiary/aromatic N) is 1. The number of benzene rings is 1. The Balaban J connectivity index is 2.23. The van der Waals surface area contributed by atoms with Crippen LogP contribution in [0.3, 0.4) is 0 Å². The Labute approximate surface area is 114 Å². The SMILES string of the molecule is CN(CC1CCC1)C(=O)c1ccccc1S(C)(=O)=O. The molecular formula is C14H19NO3S. The minimum atomic E-state index is -3.38. The first-order chi connectivity index (χ1) is 8.89.